The van der Waals surface area contributed by atoms with E-state index in [1.54, 1.807) is 30.6 Å². The number of nitrogens with one attached hydrogen (secondary N) is 1. The summed E-state index contributed by atoms with van der Waals surface area (Å²) in [7, 11) is -4.32. The first-order valence-corrected chi connectivity index (χ1v) is 15.6. The number of aromatic nitrogens is 2. The Morgan fingerprint density at radius 3 is 2.67 bits per heavy atom. The van der Waals surface area contributed by atoms with E-state index in [1.165, 1.54) is 6.07 Å². The maximum absolute atomic E-state index is 15.2. The molecule has 39 heavy (non-hydrogen) atoms. The Balaban J connectivity index is 1.58. The number of benzene rings is 1. The third kappa shape index (κ3) is 7.26. The van der Waals surface area contributed by atoms with Crippen molar-refractivity contribution in [1.29, 1.82) is 0 Å². The van der Waals surface area contributed by atoms with E-state index < -0.39 is 27.5 Å². The van der Waals surface area contributed by atoms with Crippen LogP contribution in [-0.2, 0) is 34.1 Å². The molecule has 1 aliphatic carbocycles. The molecule has 2 heterocycles. The minimum atomic E-state index is -4.32. The smallest absolute Gasteiger partial charge is 0.421 e. The van der Waals surface area contributed by atoms with Gasteiger partial charge in [0, 0.05) is 34.8 Å². The number of hydrogen-bond donors (Lipinski definition) is 2. The summed E-state index contributed by atoms with van der Waals surface area (Å²) in [4.78, 5) is 17.5. The summed E-state index contributed by atoms with van der Waals surface area (Å²) in [5.41, 5.74) is 0.0420. The number of halogens is 1. The van der Waals surface area contributed by atoms with E-state index >= 15 is 4.39 Å². The number of hydrogen-bond acceptors (Lipinski definition) is 7. The van der Waals surface area contributed by atoms with Gasteiger partial charge in [-0.05, 0) is 42.9 Å². The molecule has 1 saturated carbocycles. The zero-order chi connectivity index (χ0) is 28.2. The van der Waals surface area contributed by atoms with Gasteiger partial charge < -0.3 is 14.4 Å². The number of amides is 1. The molecule has 1 amide bonds. The van der Waals surface area contributed by atoms with E-state index in [4.69, 9.17) is 4.74 Å². The molecule has 1 aliphatic rings. The molecule has 2 N–H and O–H groups in total. The second-order valence-corrected chi connectivity index (χ2v) is 13.6. The Morgan fingerprint density at radius 1 is 1.26 bits per heavy atom. The van der Waals surface area contributed by atoms with Crippen molar-refractivity contribution in [2.45, 2.75) is 82.1 Å². The zero-order valence-corrected chi connectivity index (χ0v) is 24.2. The lowest BCUT2D eigenvalue weighted by molar-refractivity contribution is -0.0461. The highest BCUT2D eigenvalue weighted by molar-refractivity contribution is 7.92. The van der Waals surface area contributed by atoms with Crippen LogP contribution in [0.5, 0.6) is 0 Å². The summed E-state index contributed by atoms with van der Waals surface area (Å²) in [6, 6.07) is 6.41. The molecule has 0 bridgehead atoms. The van der Waals surface area contributed by atoms with E-state index in [1.807, 2.05) is 30.1 Å². The van der Waals surface area contributed by atoms with Crippen molar-refractivity contribution in [2.75, 3.05) is 6.61 Å². The average molecular weight is 578 g/mol. The van der Waals surface area contributed by atoms with Crippen LogP contribution in [0.25, 0.3) is 11.1 Å². The van der Waals surface area contributed by atoms with Crippen LogP contribution < -0.4 is 4.72 Å². The number of rotatable bonds is 10. The van der Waals surface area contributed by atoms with Crippen molar-refractivity contribution in [3.8, 4) is 11.1 Å². The van der Waals surface area contributed by atoms with Crippen LogP contribution in [0.3, 0.4) is 0 Å². The molecule has 0 spiro atoms. The number of nitrogens with zero attached hydrogens (tertiary/aromatic N) is 2. The summed E-state index contributed by atoms with van der Waals surface area (Å²) in [5, 5.41) is 10.6. The highest BCUT2D eigenvalue weighted by Crippen LogP contribution is 2.37. The van der Waals surface area contributed by atoms with Gasteiger partial charge in [0.05, 0.1) is 12.1 Å². The summed E-state index contributed by atoms with van der Waals surface area (Å²) in [6.07, 6.45) is 7.35. The van der Waals surface area contributed by atoms with E-state index in [0.29, 0.717) is 42.5 Å². The zero-order valence-electron chi connectivity index (χ0n) is 22.6. The predicted octanol–water partition coefficient (Wildman–Crippen LogP) is 5.67. The first-order chi connectivity index (χ1) is 18.5. The molecule has 212 valence electrons. The highest BCUT2D eigenvalue weighted by Gasteiger charge is 2.32. The lowest BCUT2D eigenvalue weighted by Gasteiger charge is -2.31. The van der Waals surface area contributed by atoms with Gasteiger partial charge in [-0.3, -0.25) is 0 Å². The number of aryl methyl sites for hydroxylation is 1. The fraction of sp³-hybridized carbons (Fsp3) is 0.500. The Labute approximate surface area is 233 Å². The lowest BCUT2D eigenvalue weighted by Crippen LogP contribution is -2.40. The van der Waals surface area contributed by atoms with Gasteiger partial charge in [0.1, 0.15) is 22.5 Å². The average Bonchev–Trinajstić information content (AvgIpc) is 3.51. The molecule has 1 fully saturated rings. The molecule has 11 heteroatoms. The fourth-order valence-corrected chi connectivity index (χ4v) is 7.73. The molecule has 0 atom stereocenters. The van der Waals surface area contributed by atoms with Crippen LogP contribution in [-0.4, -0.2) is 41.4 Å². The number of imidazole rings is 1. The molecule has 0 radical (unpaired) electrons. The summed E-state index contributed by atoms with van der Waals surface area (Å²) < 4.78 is 50.8. The minimum absolute atomic E-state index is 0.0819. The van der Waals surface area contributed by atoms with Crippen LogP contribution in [0, 0.1) is 11.7 Å². The van der Waals surface area contributed by atoms with Crippen molar-refractivity contribution in [3.63, 3.8) is 0 Å². The van der Waals surface area contributed by atoms with E-state index in [-0.39, 0.29) is 16.7 Å². The van der Waals surface area contributed by atoms with Crippen molar-refractivity contribution >= 4 is 27.5 Å². The Morgan fingerprint density at radius 2 is 2.00 bits per heavy atom. The standard InChI is InChI=1S/C28H36FN3O5S2/c1-4-25-30-12-13-32(25)17-21-9-8-20(15-24(21)29)23-16-22(14-19(2)3)38-26(23)39(35,36)31-27(33)37-18-28(34)10-6-5-7-11-28/h8-9,12-13,15-16,19,34H,4-7,10-11,14,17-18H2,1-3H3,(H,31,33). The molecule has 0 unspecified atom stereocenters. The molecule has 2 aromatic heterocycles. The molecule has 0 aliphatic heterocycles. The maximum Gasteiger partial charge on any atom is 0.421 e. The number of thiophene rings is 1. The SMILES string of the molecule is CCc1nccn1Cc1ccc(-c2cc(CC(C)C)sc2S(=O)(=O)NC(=O)OCC2(O)CCCCC2)cc1F. The van der Waals surface area contributed by atoms with E-state index in [0.717, 1.165) is 47.7 Å². The summed E-state index contributed by atoms with van der Waals surface area (Å²) in [5.74, 6) is 0.649. The normalized spacial score (nSPS) is 15.4. The minimum Gasteiger partial charge on any atom is -0.446 e. The fourth-order valence-electron chi connectivity index (χ4n) is 4.89. The van der Waals surface area contributed by atoms with Gasteiger partial charge in [0.2, 0.25) is 0 Å². The highest BCUT2D eigenvalue weighted by atomic mass is 32.2. The van der Waals surface area contributed by atoms with Gasteiger partial charge >= 0.3 is 6.09 Å². The van der Waals surface area contributed by atoms with Crippen LogP contribution in [0.1, 0.15) is 69.1 Å². The molecule has 0 saturated heterocycles. The van der Waals surface area contributed by atoms with E-state index in [9.17, 15) is 18.3 Å². The van der Waals surface area contributed by atoms with Crippen molar-refractivity contribution < 1.29 is 27.4 Å². The van der Waals surface area contributed by atoms with Gasteiger partial charge in [0.15, 0.2) is 0 Å². The summed E-state index contributed by atoms with van der Waals surface area (Å²) >= 11 is 1.05. The van der Waals surface area contributed by atoms with Gasteiger partial charge in [-0.2, -0.15) is 0 Å². The Kier molecular flexibility index (Phi) is 9.13. The second-order valence-electron chi connectivity index (χ2n) is 10.6. The maximum atomic E-state index is 15.2. The Bertz CT molecular complexity index is 1410. The van der Waals surface area contributed by atoms with Gasteiger partial charge in [-0.1, -0.05) is 52.2 Å². The third-order valence-corrected chi connectivity index (χ3v) is 9.90. The summed E-state index contributed by atoms with van der Waals surface area (Å²) in [6.45, 7) is 6.06. The van der Waals surface area contributed by atoms with Gasteiger partial charge in [-0.15, -0.1) is 11.3 Å². The lowest BCUT2D eigenvalue weighted by atomic mass is 9.86. The first-order valence-electron chi connectivity index (χ1n) is 13.3. The number of aliphatic hydroxyl groups is 1. The van der Waals surface area contributed by atoms with E-state index in [2.05, 4.69) is 4.98 Å². The van der Waals surface area contributed by atoms with Crippen LogP contribution in [0.4, 0.5) is 9.18 Å². The van der Waals surface area contributed by atoms with Crippen molar-refractivity contribution in [3.05, 3.63) is 58.7 Å². The van der Waals surface area contributed by atoms with Crippen LogP contribution in [0.15, 0.2) is 40.9 Å². The quantitative estimate of drug-likeness (QED) is 0.321. The second kappa shape index (κ2) is 12.2. The number of sulfonamides is 1. The third-order valence-electron chi connectivity index (χ3n) is 6.90. The largest absolute Gasteiger partial charge is 0.446 e. The molecule has 4 rings (SSSR count). The van der Waals surface area contributed by atoms with Crippen molar-refractivity contribution in [1.82, 2.24) is 14.3 Å². The molecular formula is C28H36FN3O5S2. The molecule has 3 aromatic rings. The molecular weight excluding hydrogens is 541 g/mol. The Hall–Kier alpha value is -2.76. The van der Waals surface area contributed by atoms with Gasteiger partial charge in [-0.25, -0.2) is 27.3 Å². The van der Waals surface area contributed by atoms with Gasteiger partial charge in [0.25, 0.3) is 10.0 Å². The molecule has 8 nitrogen and oxygen atoms in total. The topological polar surface area (TPSA) is 111 Å². The monoisotopic (exact) mass is 577 g/mol. The molecule has 1 aromatic carbocycles. The van der Waals surface area contributed by atoms with Crippen LogP contribution in [0.2, 0.25) is 0 Å². The van der Waals surface area contributed by atoms with Crippen molar-refractivity contribution in [2.24, 2.45) is 5.92 Å². The number of ether oxygens (including phenoxy) is 1. The predicted molar refractivity (Wildman–Crippen MR) is 149 cm³/mol. The number of carbonyl (C=O) groups is 1. The first kappa shape index (κ1) is 29.2. The van der Waals surface area contributed by atoms with Crippen LogP contribution >= 0.6 is 11.3 Å². The number of carbonyl (C=O) groups excluding carboxylic acids is 1.